The average molecular weight is 447 g/mol. The molecule has 7 heteroatoms. The van der Waals surface area contributed by atoms with Gasteiger partial charge in [0.05, 0.1) is 17.6 Å². The van der Waals surface area contributed by atoms with Gasteiger partial charge in [-0.1, -0.05) is 55.5 Å². The van der Waals surface area contributed by atoms with Crippen molar-refractivity contribution in [2.75, 3.05) is 11.9 Å². The number of nitrogens with zero attached hydrogens (tertiary/aromatic N) is 3. The first-order valence-electron chi connectivity index (χ1n) is 11.4. The second-order valence-electron chi connectivity index (χ2n) is 9.32. The van der Waals surface area contributed by atoms with Gasteiger partial charge in [-0.2, -0.15) is 0 Å². The predicted molar refractivity (Wildman–Crippen MR) is 130 cm³/mol. The molecule has 0 aromatic heterocycles. The van der Waals surface area contributed by atoms with Gasteiger partial charge in [-0.25, -0.2) is 9.98 Å². The molecule has 2 aromatic carbocycles. The van der Waals surface area contributed by atoms with Gasteiger partial charge in [0.2, 0.25) is 0 Å². The molecule has 1 aliphatic carbocycles. The Balaban J connectivity index is 1.58. The number of fused-ring (bicyclic) bond motifs is 1. The van der Waals surface area contributed by atoms with Crippen molar-refractivity contribution >= 4 is 23.4 Å². The van der Waals surface area contributed by atoms with Crippen LogP contribution in [-0.2, 0) is 0 Å². The number of para-hydroxylation sites is 1. The van der Waals surface area contributed by atoms with Gasteiger partial charge in [0.25, 0.3) is 0 Å². The number of aliphatic imine (C=N–C) groups is 2. The van der Waals surface area contributed by atoms with E-state index in [9.17, 15) is 15.3 Å². The second kappa shape index (κ2) is 8.41. The van der Waals surface area contributed by atoms with Crippen molar-refractivity contribution in [2.24, 2.45) is 27.7 Å². The third-order valence-corrected chi connectivity index (χ3v) is 7.75. The summed E-state index contributed by atoms with van der Waals surface area (Å²) in [5.41, 5.74) is 2.21. The van der Waals surface area contributed by atoms with Gasteiger partial charge in [0.1, 0.15) is 24.4 Å². The first kappa shape index (κ1) is 21.8. The number of benzene rings is 2. The quantitative estimate of drug-likeness (QED) is 0.578. The number of amidine groups is 1. The van der Waals surface area contributed by atoms with E-state index in [1.165, 1.54) is 0 Å². The highest BCUT2D eigenvalue weighted by Gasteiger charge is 2.61. The van der Waals surface area contributed by atoms with Crippen LogP contribution in [0.2, 0.25) is 0 Å². The van der Waals surface area contributed by atoms with E-state index in [2.05, 4.69) is 33.5 Å². The van der Waals surface area contributed by atoms with Gasteiger partial charge >= 0.3 is 0 Å². The van der Waals surface area contributed by atoms with E-state index in [1.807, 2.05) is 62.4 Å². The maximum atomic E-state index is 11.2. The minimum absolute atomic E-state index is 0.167. The van der Waals surface area contributed by atoms with Crippen molar-refractivity contribution in [3.8, 4) is 0 Å². The standard InChI is InChI=1S/C26H30N4O3/c1-16-20(14-31)22(32)23(33)26(16,2)30-13-19(17-9-5-3-6-10-17)21-24(27-15-28-25(21)30)29-18-11-7-4-8-12-18/h3-13,15-16,20-23,25,31-33H,14H2,1-2H3,(H,27,28,29)/t16-,20-,21?,22?,23?,25?,26+/m0/s1. The van der Waals surface area contributed by atoms with E-state index >= 15 is 0 Å². The van der Waals surface area contributed by atoms with Gasteiger partial charge in [-0.15, -0.1) is 0 Å². The fraction of sp³-hybridized carbons (Fsp3) is 0.385. The van der Waals surface area contributed by atoms with Crippen molar-refractivity contribution in [3.05, 3.63) is 72.4 Å². The van der Waals surface area contributed by atoms with Crippen LogP contribution in [0.3, 0.4) is 0 Å². The third-order valence-electron chi connectivity index (χ3n) is 7.75. The maximum absolute atomic E-state index is 11.2. The third kappa shape index (κ3) is 3.39. The Morgan fingerprint density at radius 3 is 2.33 bits per heavy atom. The number of aliphatic hydroxyl groups excluding tert-OH is 3. The molecule has 7 nitrogen and oxygen atoms in total. The number of rotatable bonds is 4. The van der Waals surface area contributed by atoms with Gasteiger partial charge in [-0.05, 0) is 36.1 Å². The van der Waals surface area contributed by atoms with Crippen molar-refractivity contribution in [1.82, 2.24) is 4.90 Å². The fourth-order valence-electron chi connectivity index (χ4n) is 5.64. The second-order valence-corrected chi connectivity index (χ2v) is 9.32. The van der Waals surface area contributed by atoms with Gasteiger partial charge in [0.15, 0.2) is 0 Å². The van der Waals surface area contributed by atoms with E-state index < -0.39 is 23.7 Å². The summed E-state index contributed by atoms with van der Waals surface area (Å²) < 4.78 is 0. The highest BCUT2D eigenvalue weighted by Crippen LogP contribution is 2.50. The summed E-state index contributed by atoms with van der Waals surface area (Å²) in [5.74, 6) is 0.0147. The molecule has 0 spiro atoms. The molecule has 2 aliphatic heterocycles. The zero-order valence-corrected chi connectivity index (χ0v) is 18.8. The maximum Gasteiger partial charge on any atom is 0.137 e. The lowest BCUT2D eigenvalue weighted by atomic mass is 9.83. The molecule has 0 radical (unpaired) electrons. The van der Waals surface area contributed by atoms with Crippen LogP contribution in [0.4, 0.5) is 5.69 Å². The van der Waals surface area contributed by atoms with Gasteiger partial charge in [0, 0.05) is 24.4 Å². The molecular weight excluding hydrogens is 416 g/mol. The van der Waals surface area contributed by atoms with Crippen molar-refractivity contribution in [1.29, 1.82) is 0 Å². The molecule has 5 rings (SSSR count). The Labute approximate surface area is 193 Å². The van der Waals surface area contributed by atoms with Crippen LogP contribution in [0.5, 0.6) is 0 Å². The van der Waals surface area contributed by atoms with Crippen LogP contribution < -0.4 is 5.32 Å². The molecule has 0 saturated heterocycles. The first-order valence-corrected chi connectivity index (χ1v) is 11.4. The summed E-state index contributed by atoms with van der Waals surface area (Å²) >= 11 is 0. The monoisotopic (exact) mass is 446 g/mol. The molecule has 7 atom stereocenters. The topological polar surface area (TPSA) is 101 Å². The van der Waals surface area contributed by atoms with Crippen LogP contribution in [0.1, 0.15) is 19.4 Å². The molecule has 0 amide bonds. The van der Waals surface area contributed by atoms with Crippen LogP contribution >= 0.6 is 0 Å². The zero-order chi connectivity index (χ0) is 23.2. The van der Waals surface area contributed by atoms with Crippen LogP contribution in [0, 0.1) is 17.8 Å². The predicted octanol–water partition coefficient (Wildman–Crippen LogP) is 2.58. The van der Waals surface area contributed by atoms with E-state index in [4.69, 9.17) is 4.99 Å². The molecular formula is C26H30N4O3. The number of anilines is 1. The molecule has 2 heterocycles. The number of hydrogen-bond donors (Lipinski definition) is 4. The summed E-state index contributed by atoms with van der Waals surface area (Å²) in [6.45, 7) is 3.75. The average Bonchev–Trinajstić information content (AvgIpc) is 3.32. The molecule has 0 bridgehead atoms. The Morgan fingerprint density at radius 2 is 1.70 bits per heavy atom. The number of nitrogens with one attached hydrogen (secondary N) is 1. The van der Waals surface area contributed by atoms with Crippen molar-refractivity contribution in [2.45, 2.75) is 37.8 Å². The number of hydrogen-bond acceptors (Lipinski definition) is 7. The Morgan fingerprint density at radius 1 is 1.03 bits per heavy atom. The molecule has 2 aromatic rings. The first-order chi connectivity index (χ1) is 16.0. The minimum atomic E-state index is -1.03. The lowest BCUT2D eigenvalue weighted by Crippen LogP contribution is -2.58. The minimum Gasteiger partial charge on any atom is -0.396 e. The Kier molecular flexibility index (Phi) is 5.56. The fourth-order valence-corrected chi connectivity index (χ4v) is 5.64. The highest BCUT2D eigenvalue weighted by atomic mass is 16.3. The van der Waals surface area contributed by atoms with Gasteiger partial charge < -0.3 is 25.5 Å². The molecule has 4 unspecified atom stereocenters. The lowest BCUT2D eigenvalue weighted by molar-refractivity contribution is -0.0515. The molecule has 172 valence electrons. The van der Waals surface area contributed by atoms with E-state index in [0.717, 1.165) is 22.7 Å². The van der Waals surface area contributed by atoms with Gasteiger partial charge in [-0.3, -0.25) is 0 Å². The van der Waals surface area contributed by atoms with E-state index in [1.54, 1.807) is 6.34 Å². The van der Waals surface area contributed by atoms with Crippen molar-refractivity contribution in [3.63, 3.8) is 0 Å². The Hall–Kier alpha value is -3.00. The molecule has 33 heavy (non-hydrogen) atoms. The van der Waals surface area contributed by atoms with Crippen LogP contribution in [0.25, 0.3) is 5.57 Å². The summed E-state index contributed by atoms with van der Waals surface area (Å²) in [7, 11) is 0. The van der Waals surface area contributed by atoms with E-state index in [0.29, 0.717) is 0 Å². The Bertz CT molecular complexity index is 1090. The van der Waals surface area contributed by atoms with E-state index in [-0.39, 0.29) is 24.6 Å². The largest absolute Gasteiger partial charge is 0.396 e. The molecule has 3 aliphatic rings. The normalized spacial score (nSPS) is 35.2. The summed E-state index contributed by atoms with van der Waals surface area (Å²) in [6, 6.07) is 20.0. The zero-order valence-electron chi connectivity index (χ0n) is 18.8. The number of aliphatic hydroxyl groups is 3. The molecule has 1 saturated carbocycles. The SMILES string of the molecule is C[C@H]1[C@H](CO)C(O)C(O)[C@]1(C)N1C=C(c2ccccc2)C2C(Nc3ccccc3)=NC=NC21. The molecule has 4 N–H and O–H groups in total. The summed E-state index contributed by atoms with van der Waals surface area (Å²) in [6.07, 6.45) is 1.25. The lowest BCUT2D eigenvalue weighted by Gasteiger charge is -2.46. The van der Waals surface area contributed by atoms with Crippen LogP contribution in [0.15, 0.2) is 76.8 Å². The summed E-state index contributed by atoms with van der Waals surface area (Å²) in [5, 5.41) is 35.3. The van der Waals surface area contributed by atoms with Crippen molar-refractivity contribution < 1.29 is 15.3 Å². The smallest absolute Gasteiger partial charge is 0.137 e. The molecule has 1 fully saturated rings. The highest BCUT2D eigenvalue weighted by molar-refractivity contribution is 6.09. The summed E-state index contributed by atoms with van der Waals surface area (Å²) in [4.78, 5) is 11.4. The van der Waals surface area contributed by atoms with Crippen LogP contribution in [-0.4, -0.2) is 62.9 Å².